The van der Waals surface area contributed by atoms with Crippen molar-refractivity contribution in [2.45, 2.75) is 20.8 Å². The number of halogens is 1. The zero-order chi connectivity index (χ0) is 13.8. The molecule has 1 aromatic carbocycles. The van der Waals surface area contributed by atoms with E-state index in [1.54, 1.807) is 6.92 Å². The summed E-state index contributed by atoms with van der Waals surface area (Å²) in [5, 5.41) is 0.411. The molecule has 0 aliphatic carbocycles. The molecule has 0 saturated carbocycles. The molecule has 0 aliphatic heterocycles. The first-order valence-electron chi connectivity index (χ1n) is 6.01. The molecule has 0 fully saturated rings. The fraction of sp³-hybridized carbons (Fsp3) is 0.286. The van der Waals surface area contributed by atoms with Gasteiger partial charge in [0.25, 0.3) is 0 Å². The van der Waals surface area contributed by atoms with Crippen molar-refractivity contribution in [1.29, 1.82) is 0 Å². The van der Waals surface area contributed by atoms with Gasteiger partial charge in [-0.25, -0.2) is 4.98 Å². The van der Waals surface area contributed by atoms with Gasteiger partial charge in [-0.3, -0.25) is 0 Å². The smallest absolute Gasteiger partial charge is 0.226 e. The van der Waals surface area contributed by atoms with Gasteiger partial charge in [-0.1, -0.05) is 11.6 Å². The van der Waals surface area contributed by atoms with E-state index in [2.05, 4.69) is 9.97 Å². The predicted octanol–water partition coefficient (Wildman–Crippen LogP) is 3.94. The Labute approximate surface area is 117 Å². The van der Waals surface area contributed by atoms with Gasteiger partial charge in [0.15, 0.2) is 0 Å². The van der Waals surface area contributed by atoms with Crippen molar-refractivity contribution in [3.05, 3.63) is 40.8 Å². The van der Waals surface area contributed by atoms with Crippen LogP contribution < -0.4 is 9.47 Å². The Hall–Kier alpha value is -1.81. The maximum Gasteiger partial charge on any atom is 0.226 e. The SMILES string of the molecule is CCOc1ccc(Oc2nc(C)nc(Cl)c2C)cc1. The van der Waals surface area contributed by atoms with Crippen LogP contribution >= 0.6 is 11.6 Å². The van der Waals surface area contributed by atoms with E-state index in [0.29, 0.717) is 29.2 Å². The molecule has 0 unspecified atom stereocenters. The van der Waals surface area contributed by atoms with Crippen LogP contribution in [-0.4, -0.2) is 16.6 Å². The summed E-state index contributed by atoms with van der Waals surface area (Å²) in [6.45, 7) is 6.18. The summed E-state index contributed by atoms with van der Waals surface area (Å²) < 4.78 is 11.1. The Morgan fingerprint density at radius 2 is 1.68 bits per heavy atom. The van der Waals surface area contributed by atoms with Gasteiger partial charge in [-0.05, 0) is 45.0 Å². The molecule has 1 aromatic heterocycles. The van der Waals surface area contributed by atoms with Crippen molar-refractivity contribution in [2.24, 2.45) is 0 Å². The first-order valence-corrected chi connectivity index (χ1v) is 6.39. The van der Waals surface area contributed by atoms with E-state index >= 15 is 0 Å². The third-order valence-corrected chi connectivity index (χ3v) is 2.87. The van der Waals surface area contributed by atoms with Crippen LogP contribution in [-0.2, 0) is 0 Å². The van der Waals surface area contributed by atoms with Gasteiger partial charge < -0.3 is 9.47 Å². The molecule has 0 N–H and O–H groups in total. The molecule has 0 atom stereocenters. The zero-order valence-electron chi connectivity index (χ0n) is 11.1. The molecule has 100 valence electrons. The summed E-state index contributed by atoms with van der Waals surface area (Å²) in [6.07, 6.45) is 0. The molecule has 2 aromatic rings. The Morgan fingerprint density at radius 3 is 2.32 bits per heavy atom. The number of aryl methyl sites for hydroxylation is 1. The van der Waals surface area contributed by atoms with Crippen molar-refractivity contribution in [2.75, 3.05) is 6.61 Å². The van der Waals surface area contributed by atoms with Crippen LogP contribution in [0.15, 0.2) is 24.3 Å². The average Bonchev–Trinajstić information content (AvgIpc) is 2.38. The first-order chi connectivity index (χ1) is 9.10. The van der Waals surface area contributed by atoms with Gasteiger partial charge in [0.05, 0.1) is 6.61 Å². The lowest BCUT2D eigenvalue weighted by atomic mass is 10.3. The number of rotatable bonds is 4. The summed E-state index contributed by atoms with van der Waals surface area (Å²) in [7, 11) is 0. The fourth-order valence-electron chi connectivity index (χ4n) is 1.55. The second kappa shape index (κ2) is 5.89. The van der Waals surface area contributed by atoms with E-state index < -0.39 is 0 Å². The van der Waals surface area contributed by atoms with E-state index in [4.69, 9.17) is 21.1 Å². The van der Waals surface area contributed by atoms with Crippen molar-refractivity contribution in [3.63, 3.8) is 0 Å². The highest BCUT2D eigenvalue weighted by molar-refractivity contribution is 6.30. The number of benzene rings is 1. The van der Waals surface area contributed by atoms with Gasteiger partial charge in [0.2, 0.25) is 5.88 Å². The number of hydrogen-bond donors (Lipinski definition) is 0. The Balaban J connectivity index is 2.21. The van der Waals surface area contributed by atoms with E-state index in [1.165, 1.54) is 0 Å². The third-order valence-electron chi connectivity index (χ3n) is 2.50. The molecule has 0 amide bonds. The Kier molecular flexibility index (Phi) is 4.22. The van der Waals surface area contributed by atoms with E-state index in [0.717, 1.165) is 11.3 Å². The molecule has 0 aliphatic rings. The van der Waals surface area contributed by atoms with Crippen molar-refractivity contribution >= 4 is 11.6 Å². The lowest BCUT2D eigenvalue weighted by Crippen LogP contribution is -1.97. The molecule has 0 bridgehead atoms. The van der Waals surface area contributed by atoms with Crippen LogP contribution in [0.2, 0.25) is 5.15 Å². The normalized spacial score (nSPS) is 10.3. The molecule has 2 rings (SSSR count). The summed E-state index contributed by atoms with van der Waals surface area (Å²) in [5.74, 6) is 2.54. The highest BCUT2D eigenvalue weighted by atomic mass is 35.5. The maximum atomic E-state index is 6.00. The fourth-order valence-corrected chi connectivity index (χ4v) is 1.75. The Bertz CT molecular complexity index is 570. The van der Waals surface area contributed by atoms with Gasteiger partial charge in [-0.2, -0.15) is 4.98 Å². The van der Waals surface area contributed by atoms with Gasteiger partial charge in [0.1, 0.15) is 22.5 Å². The molecule has 0 spiro atoms. The van der Waals surface area contributed by atoms with E-state index in [1.807, 2.05) is 38.1 Å². The maximum absolute atomic E-state index is 6.00. The predicted molar refractivity (Wildman–Crippen MR) is 74.2 cm³/mol. The quantitative estimate of drug-likeness (QED) is 0.795. The number of hydrogen-bond acceptors (Lipinski definition) is 4. The van der Waals surface area contributed by atoms with Crippen molar-refractivity contribution in [1.82, 2.24) is 9.97 Å². The largest absolute Gasteiger partial charge is 0.494 e. The summed E-state index contributed by atoms with van der Waals surface area (Å²) in [4.78, 5) is 8.31. The summed E-state index contributed by atoms with van der Waals surface area (Å²) >= 11 is 6.00. The number of nitrogens with zero attached hydrogens (tertiary/aromatic N) is 2. The summed E-state index contributed by atoms with van der Waals surface area (Å²) in [6, 6.07) is 7.36. The van der Waals surface area contributed by atoms with Gasteiger partial charge >= 0.3 is 0 Å². The molecule has 1 heterocycles. The minimum Gasteiger partial charge on any atom is -0.494 e. The topological polar surface area (TPSA) is 44.2 Å². The third kappa shape index (κ3) is 3.35. The molecule has 5 heteroatoms. The number of ether oxygens (including phenoxy) is 2. The minimum atomic E-state index is 0.411. The molecular weight excluding hydrogens is 264 g/mol. The lowest BCUT2D eigenvalue weighted by molar-refractivity contribution is 0.339. The van der Waals surface area contributed by atoms with E-state index in [9.17, 15) is 0 Å². The molecule has 0 saturated heterocycles. The van der Waals surface area contributed by atoms with Crippen LogP contribution in [0, 0.1) is 13.8 Å². The average molecular weight is 279 g/mol. The van der Waals surface area contributed by atoms with Crippen molar-refractivity contribution in [3.8, 4) is 17.4 Å². The van der Waals surface area contributed by atoms with Crippen LogP contribution in [0.1, 0.15) is 18.3 Å². The highest BCUT2D eigenvalue weighted by Crippen LogP contribution is 2.27. The zero-order valence-corrected chi connectivity index (χ0v) is 11.9. The van der Waals surface area contributed by atoms with Crippen LogP contribution in [0.4, 0.5) is 0 Å². The number of aromatic nitrogens is 2. The van der Waals surface area contributed by atoms with Crippen LogP contribution in [0.25, 0.3) is 0 Å². The summed E-state index contributed by atoms with van der Waals surface area (Å²) in [5.41, 5.74) is 0.723. The van der Waals surface area contributed by atoms with Crippen LogP contribution in [0.3, 0.4) is 0 Å². The minimum absolute atomic E-state index is 0.411. The van der Waals surface area contributed by atoms with Crippen molar-refractivity contribution < 1.29 is 9.47 Å². The highest BCUT2D eigenvalue weighted by Gasteiger charge is 2.09. The first kappa shape index (κ1) is 13.6. The van der Waals surface area contributed by atoms with Crippen LogP contribution in [0.5, 0.6) is 17.4 Å². The second-order valence-electron chi connectivity index (χ2n) is 4.00. The molecule has 0 radical (unpaired) electrons. The Morgan fingerprint density at radius 1 is 1.05 bits per heavy atom. The van der Waals surface area contributed by atoms with Gasteiger partial charge in [0, 0.05) is 5.56 Å². The molecule has 4 nitrogen and oxygen atoms in total. The molecule has 19 heavy (non-hydrogen) atoms. The molecular formula is C14H15ClN2O2. The lowest BCUT2D eigenvalue weighted by Gasteiger charge is -2.10. The second-order valence-corrected chi connectivity index (χ2v) is 4.36. The van der Waals surface area contributed by atoms with E-state index in [-0.39, 0.29) is 0 Å². The van der Waals surface area contributed by atoms with Gasteiger partial charge in [-0.15, -0.1) is 0 Å². The standard InChI is InChI=1S/C14H15ClN2O2/c1-4-18-11-5-7-12(8-6-11)19-14-9(2)13(15)16-10(3)17-14/h5-8H,4H2,1-3H3. The monoisotopic (exact) mass is 278 g/mol.